The Kier molecular flexibility index (Phi) is 6.79. The number of hydrogen-bond donors (Lipinski definition) is 2. The van der Waals surface area contributed by atoms with E-state index in [0.29, 0.717) is 16.9 Å². The molecule has 182 valence electrons. The molecular formula is C28H26N4O3S. The van der Waals surface area contributed by atoms with Crippen molar-refractivity contribution < 1.29 is 13.2 Å². The normalized spacial score (nSPS) is 13.6. The first kappa shape index (κ1) is 23.7. The number of aromatic nitrogens is 1. The number of anilines is 2. The molecule has 1 aromatic heterocycles. The molecule has 0 spiro atoms. The predicted octanol–water partition coefficient (Wildman–Crippen LogP) is 4.69. The molecule has 1 amide bonds. The average molecular weight is 499 g/mol. The van der Waals surface area contributed by atoms with Crippen molar-refractivity contribution in [3.63, 3.8) is 0 Å². The fourth-order valence-electron chi connectivity index (χ4n) is 4.27. The third-order valence-electron chi connectivity index (χ3n) is 6.17. The van der Waals surface area contributed by atoms with E-state index < -0.39 is 10.0 Å². The Morgan fingerprint density at radius 1 is 0.861 bits per heavy atom. The van der Waals surface area contributed by atoms with E-state index in [9.17, 15) is 13.2 Å². The van der Waals surface area contributed by atoms with Gasteiger partial charge in [0.1, 0.15) is 0 Å². The van der Waals surface area contributed by atoms with Gasteiger partial charge in [0.25, 0.3) is 15.9 Å². The Morgan fingerprint density at radius 2 is 1.61 bits per heavy atom. The van der Waals surface area contributed by atoms with E-state index in [1.54, 1.807) is 30.5 Å². The minimum absolute atomic E-state index is 0.0917. The molecule has 2 heterocycles. The van der Waals surface area contributed by atoms with E-state index in [-0.39, 0.29) is 10.8 Å². The first-order valence-corrected chi connectivity index (χ1v) is 13.2. The van der Waals surface area contributed by atoms with Crippen molar-refractivity contribution in [2.45, 2.75) is 24.4 Å². The number of benzene rings is 3. The third-order valence-corrected chi connectivity index (χ3v) is 7.57. The van der Waals surface area contributed by atoms with E-state index in [0.717, 1.165) is 31.6 Å². The van der Waals surface area contributed by atoms with Gasteiger partial charge in [-0.3, -0.25) is 19.4 Å². The fourth-order valence-corrected chi connectivity index (χ4v) is 5.31. The SMILES string of the molecule is O=C(Nc1ccc(S(=O)(=O)Nc2cccnc2)cc1)c1ccc(CN2CCc3ccccc3C2)cc1. The van der Waals surface area contributed by atoms with E-state index in [1.807, 2.05) is 24.3 Å². The Hall–Kier alpha value is -4.01. The van der Waals surface area contributed by atoms with Crippen LogP contribution < -0.4 is 10.0 Å². The Balaban J connectivity index is 1.18. The molecule has 0 unspecified atom stereocenters. The van der Waals surface area contributed by atoms with Crippen molar-refractivity contribution in [1.82, 2.24) is 9.88 Å². The number of nitrogens with one attached hydrogen (secondary N) is 2. The minimum Gasteiger partial charge on any atom is -0.322 e. The summed E-state index contributed by atoms with van der Waals surface area (Å²) in [7, 11) is -3.75. The van der Waals surface area contributed by atoms with Crippen LogP contribution in [0.4, 0.5) is 11.4 Å². The van der Waals surface area contributed by atoms with E-state index in [2.05, 4.69) is 44.2 Å². The summed E-state index contributed by atoms with van der Waals surface area (Å²) in [6, 6.07) is 25.5. The molecular weight excluding hydrogens is 472 g/mol. The van der Waals surface area contributed by atoms with Crippen molar-refractivity contribution in [3.05, 3.63) is 120 Å². The van der Waals surface area contributed by atoms with Gasteiger partial charge in [-0.2, -0.15) is 0 Å². The summed E-state index contributed by atoms with van der Waals surface area (Å²) >= 11 is 0. The van der Waals surface area contributed by atoms with Crippen LogP contribution in [0.1, 0.15) is 27.0 Å². The Bertz CT molecular complexity index is 1460. The highest BCUT2D eigenvalue weighted by molar-refractivity contribution is 7.92. The molecule has 0 aliphatic carbocycles. The molecule has 7 nitrogen and oxygen atoms in total. The number of carbonyl (C=O) groups excluding carboxylic acids is 1. The van der Waals surface area contributed by atoms with Crippen LogP contribution in [-0.4, -0.2) is 30.8 Å². The molecule has 3 aromatic carbocycles. The van der Waals surface area contributed by atoms with E-state index in [1.165, 1.54) is 29.5 Å². The summed E-state index contributed by atoms with van der Waals surface area (Å²) in [5.41, 5.74) is 5.39. The summed E-state index contributed by atoms with van der Waals surface area (Å²) < 4.78 is 27.6. The molecule has 0 fully saturated rings. The molecule has 5 rings (SSSR count). The average Bonchev–Trinajstić information content (AvgIpc) is 2.90. The molecule has 0 radical (unpaired) electrons. The van der Waals surface area contributed by atoms with Crippen LogP contribution >= 0.6 is 0 Å². The van der Waals surface area contributed by atoms with Crippen molar-refractivity contribution in [2.24, 2.45) is 0 Å². The zero-order valence-corrected chi connectivity index (χ0v) is 20.4. The Morgan fingerprint density at radius 3 is 2.33 bits per heavy atom. The number of sulfonamides is 1. The van der Waals surface area contributed by atoms with Gasteiger partial charge in [-0.05, 0) is 71.6 Å². The predicted molar refractivity (Wildman–Crippen MR) is 140 cm³/mol. The number of hydrogen-bond acceptors (Lipinski definition) is 5. The standard InChI is InChI=1S/C28H26N4O3S/c33-28(30-25-11-13-27(14-12-25)36(34,35)31-26-6-3-16-29-18-26)23-9-7-21(8-10-23)19-32-17-15-22-4-1-2-5-24(22)20-32/h1-14,16,18,31H,15,17,19-20H2,(H,30,33). The second-order valence-corrected chi connectivity index (χ2v) is 10.4. The van der Waals surface area contributed by atoms with Crippen LogP contribution in [-0.2, 0) is 29.5 Å². The lowest BCUT2D eigenvalue weighted by atomic mass is 9.99. The number of carbonyl (C=O) groups is 1. The highest BCUT2D eigenvalue weighted by Crippen LogP contribution is 2.21. The molecule has 8 heteroatoms. The first-order valence-electron chi connectivity index (χ1n) is 11.7. The van der Waals surface area contributed by atoms with E-state index >= 15 is 0 Å². The summed E-state index contributed by atoms with van der Waals surface area (Å²) in [6.45, 7) is 2.78. The quantitative estimate of drug-likeness (QED) is 0.386. The highest BCUT2D eigenvalue weighted by atomic mass is 32.2. The van der Waals surface area contributed by atoms with Crippen LogP contribution in [0.15, 0.2) is 102 Å². The smallest absolute Gasteiger partial charge is 0.261 e. The summed E-state index contributed by atoms with van der Waals surface area (Å²) in [6.07, 6.45) is 4.05. The van der Waals surface area contributed by atoms with Crippen molar-refractivity contribution in [1.29, 1.82) is 0 Å². The second-order valence-electron chi connectivity index (χ2n) is 8.75. The molecule has 1 aliphatic rings. The van der Waals surface area contributed by atoms with E-state index in [4.69, 9.17) is 0 Å². The lowest BCUT2D eigenvalue weighted by Gasteiger charge is -2.28. The number of rotatable bonds is 7. The maximum Gasteiger partial charge on any atom is 0.261 e. The minimum atomic E-state index is -3.75. The number of amides is 1. The topological polar surface area (TPSA) is 91.4 Å². The largest absolute Gasteiger partial charge is 0.322 e. The lowest BCUT2D eigenvalue weighted by Crippen LogP contribution is -2.29. The second kappa shape index (κ2) is 10.3. The molecule has 0 saturated carbocycles. The first-order chi connectivity index (χ1) is 17.5. The fraction of sp³-hybridized carbons (Fsp3) is 0.143. The maximum absolute atomic E-state index is 12.7. The molecule has 0 bridgehead atoms. The van der Waals surface area contributed by atoms with Crippen LogP contribution in [0.2, 0.25) is 0 Å². The summed E-state index contributed by atoms with van der Waals surface area (Å²) in [5.74, 6) is -0.252. The molecule has 36 heavy (non-hydrogen) atoms. The summed E-state index contributed by atoms with van der Waals surface area (Å²) in [5, 5.41) is 2.82. The maximum atomic E-state index is 12.7. The zero-order valence-electron chi connectivity index (χ0n) is 19.6. The monoisotopic (exact) mass is 498 g/mol. The van der Waals surface area contributed by atoms with Crippen LogP contribution in [0, 0.1) is 0 Å². The third kappa shape index (κ3) is 5.62. The summed E-state index contributed by atoms with van der Waals surface area (Å²) in [4.78, 5) is 19.1. The van der Waals surface area contributed by atoms with Gasteiger partial charge in [-0.15, -0.1) is 0 Å². The number of pyridine rings is 1. The van der Waals surface area contributed by atoms with Gasteiger partial charge >= 0.3 is 0 Å². The van der Waals surface area contributed by atoms with Crippen molar-refractivity contribution in [2.75, 3.05) is 16.6 Å². The van der Waals surface area contributed by atoms with Crippen molar-refractivity contribution >= 4 is 27.3 Å². The number of nitrogens with zero attached hydrogens (tertiary/aromatic N) is 2. The van der Waals surface area contributed by atoms with Gasteiger partial charge in [0, 0.05) is 37.1 Å². The number of fused-ring (bicyclic) bond motifs is 1. The highest BCUT2D eigenvalue weighted by Gasteiger charge is 2.17. The zero-order chi connectivity index (χ0) is 25.0. The van der Waals surface area contributed by atoms with Crippen molar-refractivity contribution in [3.8, 4) is 0 Å². The van der Waals surface area contributed by atoms with Crippen LogP contribution in [0.5, 0.6) is 0 Å². The van der Waals surface area contributed by atoms with Crippen LogP contribution in [0.3, 0.4) is 0 Å². The van der Waals surface area contributed by atoms with Gasteiger partial charge in [0.05, 0.1) is 16.8 Å². The lowest BCUT2D eigenvalue weighted by molar-refractivity contribution is 0.102. The van der Waals surface area contributed by atoms with Gasteiger partial charge in [-0.1, -0.05) is 36.4 Å². The van der Waals surface area contributed by atoms with Gasteiger partial charge in [-0.25, -0.2) is 8.42 Å². The molecule has 4 aromatic rings. The molecule has 1 aliphatic heterocycles. The van der Waals surface area contributed by atoms with Gasteiger partial charge < -0.3 is 5.32 Å². The Labute approximate surface area is 210 Å². The van der Waals surface area contributed by atoms with Crippen LogP contribution in [0.25, 0.3) is 0 Å². The molecule has 0 saturated heterocycles. The molecule has 0 atom stereocenters. The molecule has 2 N–H and O–H groups in total. The van der Waals surface area contributed by atoms with Gasteiger partial charge in [0.2, 0.25) is 0 Å². The van der Waals surface area contributed by atoms with Gasteiger partial charge in [0.15, 0.2) is 0 Å².